The second kappa shape index (κ2) is 5.90. The molecule has 7 heteroatoms. The standard InChI is InChI=1S/C13H20N4O2S/c1-3-17-12-7-5-4-6-11(12)15-13(17)8-10(16-14)9-20(2,18)19/h4-7,10,16H,3,8-9,14H2,1-2H3. The molecule has 0 saturated carbocycles. The maximum atomic E-state index is 11.4. The lowest BCUT2D eigenvalue weighted by atomic mass is 10.2. The molecule has 0 bridgehead atoms. The Labute approximate surface area is 118 Å². The molecular formula is C13H20N4O2S. The number of imidazole rings is 1. The number of hydrogen-bond donors (Lipinski definition) is 2. The highest BCUT2D eigenvalue weighted by molar-refractivity contribution is 7.90. The summed E-state index contributed by atoms with van der Waals surface area (Å²) in [6.07, 6.45) is 1.69. The molecule has 0 fully saturated rings. The Hall–Kier alpha value is -1.44. The van der Waals surface area contributed by atoms with Crippen LogP contribution in [0.25, 0.3) is 11.0 Å². The number of aryl methyl sites for hydroxylation is 1. The highest BCUT2D eigenvalue weighted by atomic mass is 32.2. The molecule has 2 rings (SSSR count). The first-order valence-electron chi connectivity index (χ1n) is 6.52. The summed E-state index contributed by atoms with van der Waals surface area (Å²) in [5, 5.41) is 0. The van der Waals surface area contributed by atoms with Crippen molar-refractivity contribution in [2.24, 2.45) is 5.84 Å². The lowest BCUT2D eigenvalue weighted by molar-refractivity contribution is 0.527. The van der Waals surface area contributed by atoms with Gasteiger partial charge < -0.3 is 4.57 Å². The van der Waals surface area contributed by atoms with Crippen molar-refractivity contribution in [3.05, 3.63) is 30.1 Å². The molecule has 1 heterocycles. The minimum atomic E-state index is -3.08. The van der Waals surface area contributed by atoms with Gasteiger partial charge in [0.05, 0.1) is 16.8 Å². The van der Waals surface area contributed by atoms with Crippen LogP contribution in [-0.4, -0.2) is 36.0 Å². The van der Waals surface area contributed by atoms with Crippen molar-refractivity contribution in [1.29, 1.82) is 0 Å². The summed E-state index contributed by atoms with van der Waals surface area (Å²) < 4.78 is 24.9. The molecule has 1 aromatic carbocycles. The van der Waals surface area contributed by atoms with Gasteiger partial charge in [-0.2, -0.15) is 0 Å². The van der Waals surface area contributed by atoms with Gasteiger partial charge in [0, 0.05) is 25.3 Å². The van der Waals surface area contributed by atoms with E-state index in [4.69, 9.17) is 5.84 Å². The third-order valence-corrected chi connectivity index (χ3v) is 4.23. The fourth-order valence-corrected chi connectivity index (χ4v) is 3.33. The van der Waals surface area contributed by atoms with Gasteiger partial charge in [-0.3, -0.25) is 11.3 Å². The highest BCUT2D eigenvalue weighted by Gasteiger charge is 2.18. The van der Waals surface area contributed by atoms with Gasteiger partial charge in [-0.1, -0.05) is 12.1 Å². The molecular weight excluding hydrogens is 276 g/mol. The Kier molecular flexibility index (Phi) is 4.42. The van der Waals surface area contributed by atoms with E-state index in [-0.39, 0.29) is 11.8 Å². The zero-order chi connectivity index (χ0) is 14.8. The average Bonchev–Trinajstić information content (AvgIpc) is 2.73. The first kappa shape index (κ1) is 15.0. The zero-order valence-corrected chi connectivity index (χ0v) is 12.5. The molecule has 1 atom stereocenters. The normalized spacial score (nSPS) is 13.8. The van der Waals surface area contributed by atoms with Crippen LogP contribution in [0.1, 0.15) is 12.7 Å². The summed E-state index contributed by atoms with van der Waals surface area (Å²) in [6, 6.07) is 7.53. The molecule has 0 spiro atoms. The molecule has 3 N–H and O–H groups in total. The molecule has 2 aromatic rings. The van der Waals surface area contributed by atoms with Gasteiger partial charge in [0.2, 0.25) is 0 Å². The summed E-state index contributed by atoms with van der Waals surface area (Å²) in [6.45, 7) is 2.82. The first-order valence-corrected chi connectivity index (χ1v) is 8.58. The first-order chi connectivity index (χ1) is 9.44. The predicted octanol–water partition coefficient (Wildman–Crippen LogP) is 0.475. The highest BCUT2D eigenvalue weighted by Crippen LogP contribution is 2.17. The van der Waals surface area contributed by atoms with Crippen LogP contribution < -0.4 is 11.3 Å². The van der Waals surface area contributed by atoms with Crippen LogP contribution in [0.4, 0.5) is 0 Å². The van der Waals surface area contributed by atoms with Gasteiger partial charge in [0.25, 0.3) is 0 Å². The number of aromatic nitrogens is 2. The van der Waals surface area contributed by atoms with Crippen molar-refractivity contribution in [2.75, 3.05) is 12.0 Å². The van der Waals surface area contributed by atoms with Crippen LogP contribution >= 0.6 is 0 Å². The van der Waals surface area contributed by atoms with Crippen molar-refractivity contribution in [3.8, 4) is 0 Å². The number of nitrogens with zero attached hydrogens (tertiary/aromatic N) is 2. The Balaban J connectivity index is 2.32. The minimum Gasteiger partial charge on any atom is -0.328 e. The Morgan fingerprint density at radius 3 is 2.70 bits per heavy atom. The molecule has 0 saturated heterocycles. The van der Waals surface area contributed by atoms with Crippen molar-refractivity contribution >= 4 is 20.9 Å². The van der Waals surface area contributed by atoms with Crippen molar-refractivity contribution in [1.82, 2.24) is 15.0 Å². The molecule has 110 valence electrons. The fraction of sp³-hybridized carbons (Fsp3) is 0.462. The van der Waals surface area contributed by atoms with E-state index < -0.39 is 9.84 Å². The summed E-state index contributed by atoms with van der Waals surface area (Å²) in [4.78, 5) is 4.57. The lowest BCUT2D eigenvalue weighted by Crippen LogP contribution is -2.42. The number of sulfone groups is 1. The maximum absolute atomic E-state index is 11.4. The topological polar surface area (TPSA) is 90.0 Å². The molecule has 1 unspecified atom stereocenters. The van der Waals surface area contributed by atoms with Gasteiger partial charge in [-0.25, -0.2) is 13.4 Å². The van der Waals surface area contributed by atoms with Gasteiger partial charge in [0.1, 0.15) is 15.7 Å². The Morgan fingerprint density at radius 2 is 2.10 bits per heavy atom. The summed E-state index contributed by atoms with van der Waals surface area (Å²) in [7, 11) is -3.08. The second-order valence-corrected chi connectivity index (χ2v) is 7.11. The van der Waals surface area contributed by atoms with Crippen LogP contribution in [0.15, 0.2) is 24.3 Å². The number of para-hydroxylation sites is 2. The van der Waals surface area contributed by atoms with E-state index in [0.717, 1.165) is 23.4 Å². The Morgan fingerprint density at radius 1 is 1.40 bits per heavy atom. The summed E-state index contributed by atoms with van der Waals surface area (Å²) in [5.74, 6) is 6.31. The molecule has 0 amide bonds. The van der Waals surface area contributed by atoms with E-state index in [2.05, 4.69) is 15.0 Å². The summed E-state index contributed by atoms with van der Waals surface area (Å²) >= 11 is 0. The molecule has 0 aliphatic carbocycles. The maximum Gasteiger partial charge on any atom is 0.149 e. The quantitative estimate of drug-likeness (QED) is 0.597. The number of hydrogen-bond acceptors (Lipinski definition) is 5. The number of benzene rings is 1. The fourth-order valence-electron chi connectivity index (χ4n) is 2.39. The molecule has 0 aliphatic heterocycles. The number of nitrogens with two attached hydrogens (primary N) is 1. The predicted molar refractivity (Wildman–Crippen MR) is 79.9 cm³/mol. The number of nitrogens with one attached hydrogen (secondary N) is 1. The average molecular weight is 296 g/mol. The van der Waals surface area contributed by atoms with Gasteiger partial charge in [-0.15, -0.1) is 0 Å². The Bertz CT molecular complexity index is 693. The van der Waals surface area contributed by atoms with Gasteiger partial charge in [-0.05, 0) is 19.1 Å². The molecule has 20 heavy (non-hydrogen) atoms. The van der Waals surface area contributed by atoms with Crippen LogP contribution in [0.5, 0.6) is 0 Å². The zero-order valence-electron chi connectivity index (χ0n) is 11.7. The third kappa shape index (κ3) is 3.36. The van der Waals surface area contributed by atoms with Crippen LogP contribution in [0, 0.1) is 0 Å². The molecule has 0 radical (unpaired) electrons. The minimum absolute atomic E-state index is 0.00355. The summed E-state index contributed by atoms with van der Waals surface area (Å²) in [5.41, 5.74) is 4.54. The molecule has 1 aromatic heterocycles. The van der Waals surface area contributed by atoms with E-state index in [1.165, 1.54) is 6.26 Å². The second-order valence-electron chi connectivity index (χ2n) is 4.92. The van der Waals surface area contributed by atoms with Crippen LogP contribution in [0.2, 0.25) is 0 Å². The van der Waals surface area contributed by atoms with Crippen molar-refractivity contribution in [2.45, 2.75) is 25.9 Å². The molecule has 0 aliphatic rings. The number of fused-ring (bicyclic) bond motifs is 1. The van der Waals surface area contributed by atoms with Gasteiger partial charge >= 0.3 is 0 Å². The van der Waals surface area contributed by atoms with Crippen molar-refractivity contribution < 1.29 is 8.42 Å². The lowest BCUT2D eigenvalue weighted by Gasteiger charge is -2.15. The van der Waals surface area contributed by atoms with E-state index in [1.54, 1.807) is 0 Å². The number of hydrazine groups is 1. The van der Waals surface area contributed by atoms with Crippen LogP contribution in [0.3, 0.4) is 0 Å². The molecule has 6 nitrogen and oxygen atoms in total. The monoisotopic (exact) mass is 296 g/mol. The third-order valence-electron chi connectivity index (χ3n) is 3.22. The van der Waals surface area contributed by atoms with E-state index in [9.17, 15) is 8.42 Å². The van der Waals surface area contributed by atoms with Gasteiger partial charge in [0.15, 0.2) is 0 Å². The van der Waals surface area contributed by atoms with E-state index >= 15 is 0 Å². The smallest absolute Gasteiger partial charge is 0.149 e. The van der Waals surface area contributed by atoms with E-state index in [0.29, 0.717) is 6.42 Å². The number of rotatable bonds is 6. The van der Waals surface area contributed by atoms with E-state index in [1.807, 2.05) is 31.2 Å². The largest absolute Gasteiger partial charge is 0.328 e. The van der Waals surface area contributed by atoms with Crippen molar-refractivity contribution in [3.63, 3.8) is 0 Å². The SMILES string of the molecule is CCn1c(CC(CS(C)(=O)=O)NN)nc2ccccc21. The van der Waals surface area contributed by atoms with Crippen LogP contribution in [-0.2, 0) is 22.8 Å².